The molecule has 1 saturated heterocycles. The van der Waals surface area contributed by atoms with Crippen LogP contribution in [0.5, 0.6) is 5.88 Å². The topological polar surface area (TPSA) is 59.5 Å². The Morgan fingerprint density at radius 2 is 2.00 bits per heavy atom. The standard InChI is InChI=1S/C17H19ClN2O3S/c1-13-2-7-17(19-10-13)23-16-8-9-20(11-16)24(21,22)12-14-3-5-15(18)6-4-14/h2-7,10,16H,8-9,11-12H2,1H3. The summed E-state index contributed by atoms with van der Waals surface area (Å²) in [6, 6.07) is 10.6. The first-order valence-electron chi connectivity index (χ1n) is 7.74. The van der Waals surface area contributed by atoms with Gasteiger partial charge in [-0.2, -0.15) is 4.31 Å². The molecule has 1 aliphatic heterocycles. The van der Waals surface area contributed by atoms with E-state index in [1.807, 2.05) is 13.0 Å². The highest BCUT2D eigenvalue weighted by Gasteiger charge is 2.32. The van der Waals surface area contributed by atoms with Gasteiger partial charge in [-0.3, -0.25) is 0 Å². The number of hydrogen-bond acceptors (Lipinski definition) is 4. The molecule has 1 atom stereocenters. The van der Waals surface area contributed by atoms with Crippen LogP contribution in [-0.2, 0) is 15.8 Å². The van der Waals surface area contributed by atoms with Crippen molar-refractivity contribution < 1.29 is 13.2 Å². The van der Waals surface area contributed by atoms with E-state index in [2.05, 4.69) is 4.98 Å². The largest absolute Gasteiger partial charge is 0.473 e. The summed E-state index contributed by atoms with van der Waals surface area (Å²) in [5, 5.41) is 0.594. The van der Waals surface area contributed by atoms with Crippen LogP contribution < -0.4 is 4.74 Å². The first-order valence-corrected chi connectivity index (χ1v) is 9.73. The minimum Gasteiger partial charge on any atom is -0.473 e. The number of hydrogen-bond donors (Lipinski definition) is 0. The molecule has 0 spiro atoms. The molecule has 24 heavy (non-hydrogen) atoms. The van der Waals surface area contributed by atoms with E-state index >= 15 is 0 Å². The summed E-state index contributed by atoms with van der Waals surface area (Å²) in [4.78, 5) is 4.20. The average Bonchev–Trinajstić information content (AvgIpc) is 3.01. The van der Waals surface area contributed by atoms with Gasteiger partial charge in [-0.1, -0.05) is 29.8 Å². The second kappa shape index (κ2) is 7.09. The Morgan fingerprint density at radius 3 is 2.67 bits per heavy atom. The Bertz CT molecular complexity index is 792. The minimum absolute atomic E-state index is 0.0281. The molecular weight excluding hydrogens is 348 g/mol. The Hall–Kier alpha value is -1.63. The molecule has 0 N–H and O–H groups in total. The summed E-state index contributed by atoms with van der Waals surface area (Å²) in [5.41, 5.74) is 1.78. The summed E-state index contributed by atoms with van der Waals surface area (Å²) in [6.07, 6.45) is 2.23. The Morgan fingerprint density at radius 1 is 1.25 bits per heavy atom. The Kier molecular flexibility index (Phi) is 5.08. The maximum Gasteiger partial charge on any atom is 0.218 e. The van der Waals surface area contributed by atoms with Gasteiger partial charge in [0.25, 0.3) is 0 Å². The number of aryl methyl sites for hydroxylation is 1. The van der Waals surface area contributed by atoms with Crippen LogP contribution in [0.3, 0.4) is 0 Å². The molecule has 1 aromatic heterocycles. The molecule has 0 amide bonds. The number of pyridine rings is 1. The van der Waals surface area contributed by atoms with Gasteiger partial charge >= 0.3 is 0 Å². The van der Waals surface area contributed by atoms with E-state index in [-0.39, 0.29) is 11.9 Å². The van der Waals surface area contributed by atoms with Crippen molar-refractivity contribution in [1.82, 2.24) is 9.29 Å². The highest BCUT2D eigenvalue weighted by Crippen LogP contribution is 2.22. The van der Waals surface area contributed by atoms with Crippen LogP contribution in [-0.4, -0.2) is 36.9 Å². The molecule has 0 saturated carbocycles. The van der Waals surface area contributed by atoms with Crippen LogP contribution in [0, 0.1) is 6.92 Å². The Balaban J connectivity index is 1.61. The molecule has 1 unspecified atom stereocenters. The molecule has 2 heterocycles. The second-order valence-corrected chi connectivity index (χ2v) is 8.35. The van der Waals surface area contributed by atoms with Gasteiger partial charge in [-0.25, -0.2) is 13.4 Å². The van der Waals surface area contributed by atoms with Crippen LogP contribution in [0.15, 0.2) is 42.6 Å². The van der Waals surface area contributed by atoms with Crippen molar-refractivity contribution in [2.45, 2.75) is 25.2 Å². The van der Waals surface area contributed by atoms with Gasteiger partial charge in [0.05, 0.1) is 12.3 Å². The second-order valence-electron chi connectivity index (χ2n) is 5.94. The van der Waals surface area contributed by atoms with E-state index in [0.29, 0.717) is 30.4 Å². The fourth-order valence-corrected chi connectivity index (χ4v) is 4.32. The zero-order valence-electron chi connectivity index (χ0n) is 13.4. The highest BCUT2D eigenvalue weighted by atomic mass is 35.5. The summed E-state index contributed by atoms with van der Waals surface area (Å²) in [7, 11) is -3.37. The minimum atomic E-state index is -3.37. The third-order valence-corrected chi connectivity index (χ3v) is 6.00. The van der Waals surface area contributed by atoms with Crippen molar-refractivity contribution in [3.63, 3.8) is 0 Å². The zero-order chi connectivity index (χ0) is 17.2. The van der Waals surface area contributed by atoms with E-state index in [1.54, 1.807) is 36.5 Å². The van der Waals surface area contributed by atoms with Crippen LogP contribution in [0.4, 0.5) is 0 Å². The van der Waals surface area contributed by atoms with Gasteiger partial charge in [0.15, 0.2) is 0 Å². The lowest BCUT2D eigenvalue weighted by Crippen LogP contribution is -2.32. The number of benzene rings is 1. The third-order valence-electron chi connectivity index (χ3n) is 3.94. The van der Waals surface area contributed by atoms with Crippen LogP contribution in [0.25, 0.3) is 0 Å². The van der Waals surface area contributed by atoms with E-state index in [4.69, 9.17) is 16.3 Å². The van der Waals surface area contributed by atoms with E-state index in [0.717, 1.165) is 11.1 Å². The molecule has 1 aliphatic rings. The summed E-state index contributed by atoms with van der Waals surface area (Å²) >= 11 is 5.83. The summed E-state index contributed by atoms with van der Waals surface area (Å²) < 4.78 is 32.4. The van der Waals surface area contributed by atoms with Gasteiger partial charge in [-0.05, 0) is 36.6 Å². The lowest BCUT2D eigenvalue weighted by atomic mass is 10.2. The number of sulfonamides is 1. The highest BCUT2D eigenvalue weighted by molar-refractivity contribution is 7.88. The van der Waals surface area contributed by atoms with Crippen LogP contribution in [0.2, 0.25) is 5.02 Å². The number of halogens is 1. The van der Waals surface area contributed by atoms with Gasteiger partial charge in [-0.15, -0.1) is 0 Å². The molecular formula is C17H19ClN2O3S. The SMILES string of the molecule is Cc1ccc(OC2CCN(S(=O)(=O)Cc3ccc(Cl)cc3)C2)nc1. The van der Waals surface area contributed by atoms with E-state index in [9.17, 15) is 8.42 Å². The van der Waals surface area contributed by atoms with Crippen molar-refractivity contribution in [1.29, 1.82) is 0 Å². The van der Waals surface area contributed by atoms with E-state index < -0.39 is 10.0 Å². The monoisotopic (exact) mass is 366 g/mol. The first-order chi connectivity index (χ1) is 11.4. The fraction of sp³-hybridized carbons (Fsp3) is 0.353. The van der Waals surface area contributed by atoms with E-state index in [1.165, 1.54) is 4.31 Å². The van der Waals surface area contributed by atoms with Crippen molar-refractivity contribution in [3.05, 3.63) is 58.7 Å². The third kappa shape index (κ3) is 4.26. The predicted octanol–water partition coefficient (Wildman–Crippen LogP) is 3.03. The molecule has 5 nitrogen and oxygen atoms in total. The van der Waals surface area contributed by atoms with Crippen molar-refractivity contribution in [3.8, 4) is 5.88 Å². The molecule has 0 aliphatic carbocycles. The van der Waals surface area contributed by atoms with Crippen LogP contribution >= 0.6 is 11.6 Å². The van der Waals surface area contributed by atoms with Gasteiger partial charge in [0.2, 0.25) is 15.9 Å². The smallest absolute Gasteiger partial charge is 0.218 e. The lowest BCUT2D eigenvalue weighted by molar-refractivity contribution is 0.207. The summed E-state index contributed by atoms with van der Waals surface area (Å²) in [5.74, 6) is 0.502. The maximum absolute atomic E-state index is 12.6. The van der Waals surface area contributed by atoms with Gasteiger partial charge in [0.1, 0.15) is 6.10 Å². The summed E-state index contributed by atoms with van der Waals surface area (Å²) in [6.45, 7) is 2.77. The average molecular weight is 367 g/mol. The molecule has 0 bridgehead atoms. The van der Waals surface area contributed by atoms with Crippen LogP contribution in [0.1, 0.15) is 17.5 Å². The molecule has 0 radical (unpaired) electrons. The number of aromatic nitrogens is 1. The zero-order valence-corrected chi connectivity index (χ0v) is 14.9. The molecule has 2 aromatic rings. The van der Waals surface area contributed by atoms with Crippen molar-refractivity contribution >= 4 is 21.6 Å². The molecule has 1 fully saturated rings. The number of nitrogens with zero attached hydrogens (tertiary/aromatic N) is 2. The maximum atomic E-state index is 12.6. The molecule has 7 heteroatoms. The van der Waals surface area contributed by atoms with Crippen molar-refractivity contribution in [2.24, 2.45) is 0 Å². The van der Waals surface area contributed by atoms with Gasteiger partial charge < -0.3 is 4.74 Å². The first kappa shape index (κ1) is 17.2. The number of rotatable bonds is 5. The quantitative estimate of drug-likeness (QED) is 0.816. The fourth-order valence-electron chi connectivity index (χ4n) is 2.62. The van der Waals surface area contributed by atoms with Gasteiger partial charge in [0, 0.05) is 23.8 Å². The predicted molar refractivity (Wildman–Crippen MR) is 93.7 cm³/mol. The molecule has 128 valence electrons. The molecule has 1 aromatic carbocycles. The Labute approximate surface area is 147 Å². The molecule has 3 rings (SSSR count). The number of ether oxygens (including phenoxy) is 1. The lowest BCUT2D eigenvalue weighted by Gasteiger charge is -2.17. The van der Waals surface area contributed by atoms with Crippen molar-refractivity contribution in [2.75, 3.05) is 13.1 Å². The normalized spacial score (nSPS) is 18.7.